The van der Waals surface area contributed by atoms with Crippen LogP contribution in [-0.4, -0.2) is 25.2 Å². The Kier molecular flexibility index (Phi) is 7.11. The van der Waals surface area contributed by atoms with Gasteiger partial charge in [0.1, 0.15) is 30.5 Å². The van der Waals surface area contributed by atoms with Crippen molar-refractivity contribution in [2.45, 2.75) is 20.0 Å². The van der Waals surface area contributed by atoms with Gasteiger partial charge in [0.15, 0.2) is 0 Å². The standard InChI is InChI=1S/C24H25NO4/c1-18(2)29-21-14-12-19(13-15-21)25-24(26)22-10-6-7-11-23(22)28-17-16-27-20-8-4-3-5-9-20/h3-15,18H,16-17H2,1-2H3,(H,25,26). The van der Waals surface area contributed by atoms with Gasteiger partial charge < -0.3 is 19.5 Å². The number of anilines is 1. The molecule has 5 nitrogen and oxygen atoms in total. The van der Waals surface area contributed by atoms with Crippen LogP contribution in [-0.2, 0) is 0 Å². The third-order valence-corrected chi connectivity index (χ3v) is 3.97. The van der Waals surface area contributed by atoms with Gasteiger partial charge in [0.2, 0.25) is 0 Å². The highest BCUT2D eigenvalue weighted by molar-refractivity contribution is 6.06. The summed E-state index contributed by atoms with van der Waals surface area (Å²) < 4.78 is 17.0. The SMILES string of the molecule is CC(C)Oc1ccc(NC(=O)c2ccccc2OCCOc2ccccc2)cc1. The Balaban J connectivity index is 1.56. The fourth-order valence-corrected chi connectivity index (χ4v) is 2.70. The predicted octanol–water partition coefficient (Wildman–Crippen LogP) is 5.18. The molecule has 0 bridgehead atoms. The quantitative estimate of drug-likeness (QED) is 0.511. The normalized spacial score (nSPS) is 10.4. The van der Waals surface area contributed by atoms with Crippen LogP contribution in [0.4, 0.5) is 5.69 Å². The van der Waals surface area contributed by atoms with Gasteiger partial charge in [0.05, 0.1) is 11.7 Å². The molecule has 3 aromatic carbocycles. The molecule has 0 aliphatic carbocycles. The minimum atomic E-state index is -0.234. The highest BCUT2D eigenvalue weighted by atomic mass is 16.5. The van der Waals surface area contributed by atoms with Gasteiger partial charge >= 0.3 is 0 Å². The molecule has 1 N–H and O–H groups in total. The molecule has 0 radical (unpaired) electrons. The first kappa shape index (κ1) is 20.3. The van der Waals surface area contributed by atoms with Crippen molar-refractivity contribution in [2.75, 3.05) is 18.5 Å². The molecule has 0 spiro atoms. The molecule has 150 valence electrons. The molecule has 5 heteroatoms. The molecule has 0 aromatic heterocycles. The fraction of sp³-hybridized carbons (Fsp3) is 0.208. The van der Waals surface area contributed by atoms with Crippen molar-refractivity contribution in [3.8, 4) is 17.2 Å². The zero-order chi connectivity index (χ0) is 20.5. The van der Waals surface area contributed by atoms with Crippen molar-refractivity contribution in [3.05, 3.63) is 84.4 Å². The summed E-state index contributed by atoms with van der Waals surface area (Å²) in [5, 5.41) is 2.89. The zero-order valence-corrected chi connectivity index (χ0v) is 16.6. The average molecular weight is 391 g/mol. The minimum absolute atomic E-state index is 0.102. The molecular weight excluding hydrogens is 366 g/mol. The van der Waals surface area contributed by atoms with Crippen molar-refractivity contribution in [3.63, 3.8) is 0 Å². The first-order chi connectivity index (χ1) is 14.1. The van der Waals surface area contributed by atoms with Gasteiger partial charge in [0.25, 0.3) is 5.91 Å². The Labute approximate surface area is 171 Å². The van der Waals surface area contributed by atoms with Crippen LogP contribution in [0.25, 0.3) is 0 Å². The van der Waals surface area contributed by atoms with Crippen LogP contribution in [0.1, 0.15) is 24.2 Å². The lowest BCUT2D eigenvalue weighted by atomic mass is 10.2. The second kappa shape index (κ2) is 10.2. The van der Waals surface area contributed by atoms with E-state index in [4.69, 9.17) is 14.2 Å². The van der Waals surface area contributed by atoms with E-state index in [0.717, 1.165) is 11.5 Å². The largest absolute Gasteiger partial charge is 0.491 e. The fourth-order valence-electron chi connectivity index (χ4n) is 2.70. The van der Waals surface area contributed by atoms with E-state index < -0.39 is 0 Å². The van der Waals surface area contributed by atoms with E-state index in [1.54, 1.807) is 12.1 Å². The van der Waals surface area contributed by atoms with Crippen molar-refractivity contribution < 1.29 is 19.0 Å². The molecule has 29 heavy (non-hydrogen) atoms. The first-order valence-electron chi connectivity index (χ1n) is 9.59. The van der Waals surface area contributed by atoms with Crippen LogP contribution in [0.15, 0.2) is 78.9 Å². The van der Waals surface area contributed by atoms with Gasteiger partial charge in [-0.05, 0) is 62.4 Å². The molecule has 3 aromatic rings. The number of hydrogen-bond acceptors (Lipinski definition) is 4. The van der Waals surface area contributed by atoms with Crippen molar-refractivity contribution in [1.82, 2.24) is 0 Å². The number of para-hydroxylation sites is 2. The summed E-state index contributed by atoms with van der Waals surface area (Å²) in [5.74, 6) is 1.83. The number of benzene rings is 3. The number of carbonyl (C=O) groups excluding carboxylic acids is 1. The molecule has 0 fully saturated rings. The summed E-state index contributed by atoms with van der Waals surface area (Å²) in [7, 11) is 0. The van der Waals surface area contributed by atoms with Crippen LogP contribution in [0.5, 0.6) is 17.2 Å². The average Bonchev–Trinajstić information content (AvgIpc) is 2.73. The number of ether oxygens (including phenoxy) is 3. The number of amides is 1. The predicted molar refractivity (Wildman–Crippen MR) is 114 cm³/mol. The van der Waals surface area contributed by atoms with Gasteiger partial charge in [-0.1, -0.05) is 30.3 Å². The van der Waals surface area contributed by atoms with Crippen LogP contribution >= 0.6 is 0 Å². The number of nitrogens with one attached hydrogen (secondary N) is 1. The van der Waals surface area contributed by atoms with Gasteiger partial charge in [0, 0.05) is 5.69 Å². The van der Waals surface area contributed by atoms with Crippen molar-refractivity contribution in [2.24, 2.45) is 0 Å². The lowest BCUT2D eigenvalue weighted by molar-refractivity contribution is 0.102. The summed E-state index contributed by atoms with van der Waals surface area (Å²) >= 11 is 0. The zero-order valence-electron chi connectivity index (χ0n) is 16.6. The summed E-state index contributed by atoms with van der Waals surface area (Å²) in [4.78, 5) is 12.7. The molecule has 3 rings (SSSR count). The lowest BCUT2D eigenvalue weighted by Crippen LogP contribution is -2.15. The van der Waals surface area contributed by atoms with Gasteiger partial charge in [-0.15, -0.1) is 0 Å². The Morgan fingerprint density at radius 2 is 1.45 bits per heavy atom. The summed E-state index contributed by atoms with van der Waals surface area (Å²) in [6, 6.07) is 24.0. The van der Waals surface area contributed by atoms with Crippen LogP contribution < -0.4 is 19.5 Å². The molecule has 0 aliphatic rings. The minimum Gasteiger partial charge on any atom is -0.491 e. The van der Waals surface area contributed by atoms with E-state index in [0.29, 0.717) is 30.2 Å². The van der Waals surface area contributed by atoms with E-state index in [1.807, 2.05) is 80.6 Å². The Hall–Kier alpha value is -3.47. The molecule has 0 heterocycles. The summed E-state index contributed by atoms with van der Waals surface area (Å²) in [5.41, 5.74) is 1.16. The molecule has 0 atom stereocenters. The molecule has 0 saturated heterocycles. The first-order valence-corrected chi connectivity index (χ1v) is 9.59. The monoisotopic (exact) mass is 391 g/mol. The Morgan fingerprint density at radius 1 is 0.793 bits per heavy atom. The highest BCUT2D eigenvalue weighted by Crippen LogP contribution is 2.21. The van der Waals surface area contributed by atoms with E-state index >= 15 is 0 Å². The van der Waals surface area contributed by atoms with Crippen LogP contribution in [0, 0.1) is 0 Å². The van der Waals surface area contributed by atoms with E-state index in [1.165, 1.54) is 0 Å². The molecular formula is C24H25NO4. The lowest BCUT2D eigenvalue weighted by Gasteiger charge is -2.13. The molecule has 1 amide bonds. The third kappa shape index (κ3) is 6.28. The van der Waals surface area contributed by atoms with Gasteiger partial charge in [-0.25, -0.2) is 0 Å². The summed E-state index contributed by atoms with van der Waals surface area (Å²) in [6.45, 7) is 4.66. The van der Waals surface area contributed by atoms with Crippen LogP contribution in [0.2, 0.25) is 0 Å². The molecule has 0 unspecified atom stereocenters. The maximum absolute atomic E-state index is 12.7. The molecule has 0 aliphatic heterocycles. The summed E-state index contributed by atoms with van der Waals surface area (Å²) in [6.07, 6.45) is 0.102. The van der Waals surface area contributed by atoms with E-state index in [9.17, 15) is 4.79 Å². The van der Waals surface area contributed by atoms with Gasteiger partial charge in [-0.3, -0.25) is 4.79 Å². The van der Waals surface area contributed by atoms with Crippen molar-refractivity contribution >= 4 is 11.6 Å². The topological polar surface area (TPSA) is 56.8 Å². The molecule has 0 saturated carbocycles. The van der Waals surface area contributed by atoms with Gasteiger partial charge in [-0.2, -0.15) is 0 Å². The second-order valence-electron chi connectivity index (χ2n) is 6.65. The van der Waals surface area contributed by atoms with Crippen molar-refractivity contribution in [1.29, 1.82) is 0 Å². The Bertz CT molecular complexity index is 908. The second-order valence-corrected chi connectivity index (χ2v) is 6.65. The maximum Gasteiger partial charge on any atom is 0.259 e. The third-order valence-electron chi connectivity index (χ3n) is 3.97. The number of rotatable bonds is 9. The number of hydrogen-bond donors (Lipinski definition) is 1. The van der Waals surface area contributed by atoms with E-state index in [-0.39, 0.29) is 12.0 Å². The number of carbonyl (C=O) groups is 1. The van der Waals surface area contributed by atoms with E-state index in [2.05, 4.69) is 5.32 Å². The van der Waals surface area contributed by atoms with Crippen LogP contribution in [0.3, 0.4) is 0 Å². The smallest absolute Gasteiger partial charge is 0.259 e. The highest BCUT2D eigenvalue weighted by Gasteiger charge is 2.12. The maximum atomic E-state index is 12.7. The Morgan fingerprint density at radius 3 is 2.17 bits per heavy atom.